The molecule has 0 aliphatic rings. The molecule has 0 radical (unpaired) electrons. The Morgan fingerprint density at radius 1 is 1.11 bits per heavy atom. The number of benzene rings is 1. The van der Waals surface area contributed by atoms with Gasteiger partial charge < -0.3 is 19.8 Å². The Morgan fingerprint density at radius 2 is 1.93 bits per heavy atom. The van der Waals surface area contributed by atoms with Crippen LogP contribution in [-0.4, -0.2) is 32.0 Å². The van der Waals surface area contributed by atoms with Gasteiger partial charge in [-0.25, -0.2) is 4.98 Å². The molecule has 1 atom stereocenters. The minimum atomic E-state index is -0.640. The van der Waals surface area contributed by atoms with Crippen LogP contribution in [0.5, 0.6) is 0 Å². The lowest BCUT2D eigenvalue weighted by Gasteiger charge is -2.19. The lowest BCUT2D eigenvalue weighted by atomic mass is 10.1. The number of nitrogens with zero attached hydrogens (tertiary/aromatic N) is 3. The average molecular weight is 365 g/mol. The van der Waals surface area contributed by atoms with Gasteiger partial charge in [0.25, 0.3) is 5.91 Å². The molecule has 7 nitrogen and oxygen atoms in total. The van der Waals surface area contributed by atoms with Crippen LogP contribution in [0.4, 0.5) is 0 Å². The molecule has 3 aromatic rings. The number of aryl methyl sites for hydroxylation is 2. The first kappa shape index (κ1) is 18.4. The van der Waals surface area contributed by atoms with Crippen LogP contribution in [0.2, 0.25) is 0 Å². The van der Waals surface area contributed by atoms with E-state index in [4.69, 9.17) is 0 Å². The van der Waals surface area contributed by atoms with Crippen molar-refractivity contribution in [2.45, 2.75) is 25.6 Å². The van der Waals surface area contributed by atoms with Gasteiger partial charge in [0.15, 0.2) is 0 Å². The van der Waals surface area contributed by atoms with Gasteiger partial charge >= 0.3 is 0 Å². The van der Waals surface area contributed by atoms with E-state index >= 15 is 0 Å². The lowest BCUT2D eigenvalue weighted by Crippen LogP contribution is -2.47. The first-order chi connectivity index (χ1) is 13.1. The van der Waals surface area contributed by atoms with Gasteiger partial charge in [-0.2, -0.15) is 0 Å². The molecule has 0 aliphatic heterocycles. The summed E-state index contributed by atoms with van der Waals surface area (Å²) in [6.07, 6.45) is 7.47. The van der Waals surface area contributed by atoms with Crippen molar-refractivity contribution in [1.29, 1.82) is 0 Å². The smallest absolute Gasteiger partial charge is 0.268 e. The Labute approximate surface area is 158 Å². The van der Waals surface area contributed by atoms with E-state index in [9.17, 15) is 9.59 Å². The molecule has 7 heteroatoms. The normalized spacial score (nSPS) is 11.7. The number of nitrogens with one attached hydrogen (secondary N) is 2. The van der Waals surface area contributed by atoms with Crippen molar-refractivity contribution in [3.05, 3.63) is 78.6 Å². The first-order valence-corrected chi connectivity index (χ1v) is 8.83. The number of imidazole rings is 1. The molecule has 0 saturated carbocycles. The Morgan fingerprint density at radius 3 is 2.59 bits per heavy atom. The van der Waals surface area contributed by atoms with Crippen molar-refractivity contribution >= 4 is 11.8 Å². The zero-order valence-electron chi connectivity index (χ0n) is 15.2. The lowest BCUT2D eigenvalue weighted by molar-refractivity contribution is -0.123. The minimum absolute atomic E-state index is 0.207. The summed E-state index contributed by atoms with van der Waals surface area (Å²) >= 11 is 0. The van der Waals surface area contributed by atoms with E-state index < -0.39 is 6.04 Å². The fraction of sp³-hybridized carbons (Fsp3) is 0.250. The van der Waals surface area contributed by atoms with Gasteiger partial charge in [-0.05, 0) is 24.1 Å². The van der Waals surface area contributed by atoms with Crippen LogP contribution in [0.15, 0.2) is 67.4 Å². The molecule has 3 rings (SSSR count). The Bertz CT molecular complexity index is 871. The third kappa shape index (κ3) is 5.07. The molecule has 2 N–H and O–H groups in total. The minimum Gasteiger partial charge on any atom is -0.350 e. The predicted octanol–water partition coefficient (Wildman–Crippen LogP) is 1.73. The molecule has 0 unspecified atom stereocenters. The van der Waals surface area contributed by atoms with Crippen LogP contribution in [0.3, 0.4) is 0 Å². The maximum atomic E-state index is 12.7. The van der Waals surface area contributed by atoms with Crippen LogP contribution in [0.25, 0.3) is 0 Å². The molecule has 0 bridgehead atoms. The molecule has 0 spiro atoms. The van der Waals surface area contributed by atoms with Crippen molar-refractivity contribution < 1.29 is 9.59 Å². The van der Waals surface area contributed by atoms with E-state index in [0.717, 1.165) is 5.56 Å². The summed E-state index contributed by atoms with van der Waals surface area (Å²) in [6.45, 7) is 0.998. The standard InChI is InChI=1S/C20H23N5O2/c1-24-11-5-8-18(24)20(27)23-17(9-12-25-13-10-21-15-25)19(26)22-14-16-6-3-2-4-7-16/h2-8,10-11,13,15,17H,9,12,14H2,1H3,(H,22,26)(H,23,27)/t17-/m0/s1. The largest absolute Gasteiger partial charge is 0.350 e. The second kappa shape index (κ2) is 8.84. The molecule has 0 saturated heterocycles. The molecular weight excluding hydrogens is 342 g/mol. The second-order valence-corrected chi connectivity index (χ2v) is 6.32. The zero-order valence-corrected chi connectivity index (χ0v) is 15.2. The summed E-state index contributed by atoms with van der Waals surface area (Å²) in [6, 6.07) is 12.6. The quantitative estimate of drug-likeness (QED) is 0.638. The number of carbonyl (C=O) groups excluding carboxylic acids is 2. The zero-order chi connectivity index (χ0) is 19.1. The van der Waals surface area contributed by atoms with Gasteiger partial charge in [-0.3, -0.25) is 9.59 Å². The summed E-state index contributed by atoms with van der Waals surface area (Å²) in [5, 5.41) is 5.76. The van der Waals surface area contributed by atoms with Gasteiger partial charge in [0.1, 0.15) is 11.7 Å². The maximum Gasteiger partial charge on any atom is 0.268 e. The van der Waals surface area contributed by atoms with Crippen molar-refractivity contribution in [2.75, 3.05) is 0 Å². The van der Waals surface area contributed by atoms with E-state index in [1.807, 2.05) is 41.1 Å². The van der Waals surface area contributed by atoms with Crippen molar-refractivity contribution in [3.63, 3.8) is 0 Å². The molecule has 2 heterocycles. The van der Waals surface area contributed by atoms with Gasteiger partial charge in [-0.1, -0.05) is 30.3 Å². The topological polar surface area (TPSA) is 81.0 Å². The number of hydrogen-bond donors (Lipinski definition) is 2. The highest BCUT2D eigenvalue weighted by Crippen LogP contribution is 2.04. The summed E-state index contributed by atoms with van der Waals surface area (Å²) in [4.78, 5) is 29.3. The van der Waals surface area contributed by atoms with Gasteiger partial charge in [0.2, 0.25) is 5.91 Å². The van der Waals surface area contributed by atoms with Crippen molar-refractivity contribution in [1.82, 2.24) is 24.8 Å². The molecule has 2 amide bonds. The Kier molecular flexibility index (Phi) is 6.04. The molecule has 1 aromatic carbocycles. The number of carbonyl (C=O) groups is 2. The highest BCUT2D eigenvalue weighted by molar-refractivity contribution is 5.96. The number of amides is 2. The van der Waals surface area contributed by atoms with Gasteiger partial charge in [0.05, 0.1) is 6.33 Å². The number of hydrogen-bond acceptors (Lipinski definition) is 3. The summed E-state index contributed by atoms with van der Waals surface area (Å²) in [7, 11) is 1.80. The predicted molar refractivity (Wildman–Crippen MR) is 102 cm³/mol. The van der Waals surface area contributed by atoms with E-state index in [2.05, 4.69) is 15.6 Å². The summed E-state index contributed by atoms with van der Waals surface area (Å²) in [5.74, 6) is -0.477. The monoisotopic (exact) mass is 365 g/mol. The molecule has 27 heavy (non-hydrogen) atoms. The molecule has 2 aromatic heterocycles. The van der Waals surface area contributed by atoms with Crippen molar-refractivity contribution in [2.24, 2.45) is 7.05 Å². The molecule has 0 fully saturated rings. The molecular formula is C20H23N5O2. The average Bonchev–Trinajstić information content (AvgIpc) is 3.35. The highest BCUT2D eigenvalue weighted by Gasteiger charge is 2.22. The van der Waals surface area contributed by atoms with Crippen LogP contribution in [0, 0.1) is 0 Å². The number of rotatable bonds is 8. The third-order valence-corrected chi connectivity index (χ3v) is 4.34. The van der Waals surface area contributed by atoms with Crippen LogP contribution in [0.1, 0.15) is 22.5 Å². The third-order valence-electron chi connectivity index (χ3n) is 4.34. The first-order valence-electron chi connectivity index (χ1n) is 8.83. The maximum absolute atomic E-state index is 12.7. The van der Waals surface area contributed by atoms with E-state index in [-0.39, 0.29) is 11.8 Å². The van der Waals surface area contributed by atoms with Crippen LogP contribution < -0.4 is 10.6 Å². The van der Waals surface area contributed by atoms with Gasteiger partial charge in [0, 0.05) is 38.7 Å². The van der Waals surface area contributed by atoms with Crippen LogP contribution in [-0.2, 0) is 24.9 Å². The summed E-state index contributed by atoms with van der Waals surface area (Å²) < 4.78 is 3.61. The van der Waals surface area contributed by atoms with E-state index in [1.165, 1.54) is 0 Å². The van der Waals surface area contributed by atoms with Gasteiger partial charge in [-0.15, -0.1) is 0 Å². The summed E-state index contributed by atoms with van der Waals surface area (Å²) in [5.41, 5.74) is 1.52. The SMILES string of the molecule is Cn1cccc1C(=O)N[C@@H](CCn1ccnc1)C(=O)NCc1ccccc1. The highest BCUT2D eigenvalue weighted by atomic mass is 16.2. The Hall–Kier alpha value is -3.35. The van der Waals surface area contributed by atoms with E-state index in [0.29, 0.717) is 25.2 Å². The Balaban J connectivity index is 1.65. The molecule has 0 aliphatic carbocycles. The number of aromatic nitrogens is 3. The van der Waals surface area contributed by atoms with E-state index in [1.54, 1.807) is 42.5 Å². The van der Waals surface area contributed by atoms with Crippen LogP contribution >= 0.6 is 0 Å². The second-order valence-electron chi connectivity index (χ2n) is 6.32. The van der Waals surface area contributed by atoms with Crippen molar-refractivity contribution in [3.8, 4) is 0 Å². The fourth-order valence-electron chi connectivity index (χ4n) is 2.80. The fourth-order valence-corrected chi connectivity index (χ4v) is 2.80. The molecule has 140 valence electrons.